The lowest BCUT2D eigenvalue weighted by Crippen LogP contribution is -2.44. The van der Waals surface area contributed by atoms with Gasteiger partial charge in [0.2, 0.25) is 0 Å². The monoisotopic (exact) mass is 346 g/mol. The van der Waals surface area contributed by atoms with Crippen molar-refractivity contribution in [1.82, 2.24) is 10.2 Å². The van der Waals surface area contributed by atoms with E-state index < -0.39 is 0 Å². The van der Waals surface area contributed by atoms with Gasteiger partial charge in [-0.3, -0.25) is 4.90 Å². The van der Waals surface area contributed by atoms with Crippen LogP contribution in [0, 0.1) is 0 Å². The molecule has 110 valence electrons. The zero-order valence-corrected chi connectivity index (χ0v) is 13.5. The molecule has 0 atom stereocenters. The van der Waals surface area contributed by atoms with E-state index in [-0.39, 0.29) is 24.8 Å². The Kier molecular flexibility index (Phi) is 9.97. The number of nitrogens with zero attached hydrogens (tertiary/aromatic N) is 1. The van der Waals surface area contributed by atoms with Crippen LogP contribution < -0.4 is 10.1 Å². The summed E-state index contributed by atoms with van der Waals surface area (Å²) in [6, 6.07) is 5.26. The fourth-order valence-corrected chi connectivity index (χ4v) is 2.14. The minimum absolute atomic E-state index is 0. The zero-order chi connectivity index (χ0) is 12.1. The van der Waals surface area contributed by atoms with Crippen molar-refractivity contribution in [2.75, 3.05) is 39.3 Å². The Labute approximate surface area is 136 Å². The van der Waals surface area contributed by atoms with Crippen LogP contribution in [0.3, 0.4) is 0 Å². The van der Waals surface area contributed by atoms with Gasteiger partial charge in [-0.1, -0.05) is 23.2 Å². The molecule has 1 aromatic carbocycles. The molecule has 1 fully saturated rings. The number of piperazine rings is 1. The summed E-state index contributed by atoms with van der Waals surface area (Å²) in [6.45, 7) is 5.82. The van der Waals surface area contributed by atoms with Crippen molar-refractivity contribution in [1.29, 1.82) is 0 Å². The van der Waals surface area contributed by atoms with Gasteiger partial charge in [-0.25, -0.2) is 0 Å². The first-order chi connectivity index (χ1) is 8.25. The second-order valence-corrected chi connectivity index (χ2v) is 4.86. The van der Waals surface area contributed by atoms with Crippen LogP contribution in [-0.4, -0.2) is 44.2 Å². The average molecular weight is 348 g/mol. The molecule has 19 heavy (non-hydrogen) atoms. The van der Waals surface area contributed by atoms with Crippen molar-refractivity contribution in [3.8, 4) is 5.75 Å². The van der Waals surface area contributed by atoms with Gasteiger partial charge in [0, 0.05) is 43.8 Å². The van der Waals surface area contributed by atoms with E-state index in [1.165, 1.54) is 0 Å². The lowest BCUT2D eigenvalue weighted by Gasteiger charge is -2.27. The van der Waals surface area contributed by atoms with E-state index in [4.69, 9.17) is 27.9 Å². The number of nitrogens with one attached hydrogen (secondary N) is 1. The molecule has 0 bridgehead atoms. The summed E-state index contributed by atoms with van der Waals surface area (Å²) < 4.78 is 5.64. The van der Waals surface area contributed by atoms with Crippen LogP contribution in [0.15, 0.2) is 18.2 Å². The second kappa shape index (κ2) is 9.92. The molecule has 0 saturated carbocycles. The van der Waals surface area contributed by atoms with Gasteiger partial charge < -0.3 is 10.1 Å². The molecule has 0 aliphatic carbocycles. The molecular formula is C12H18Cl4N2O. The van der Waals surface area contributed by atoms with E-state index in [1.807, 2.05) is 0 Å². The van der Waals surface area contributed by atoms with Crippen LogP contribution in [-0.2, 0) is 0 Å². The van der Waals surface area contributed by atoms with Crippen molar-refractivity contribution < 1.29 is 4.74 Å². The Balaban J connectivity index is 0.00000162. The van der Waals surface area contributed by atoms with Crippen molar-refractivity contribution in [2.24, 2.45) is 0 Å². The van der Waals surface area contributed by atoms with Gasteiger partial charge >= 0.3 is 0 Å². The summed E-state index contributed by atoms with van der Waals surface area (Å²) in [5.74, 6) is 0.661. The highest BCUT2D eigenvalue weighted by molar-refractivity contribution is 6.34. The maximum atomic E-state index is 6.01. The Morgan fingerprint density at radius 1 is 1.16 bits per heavy atom. The van der Waals surface area contributed by atoms with Crippen LogP contribution >= 0.6 is 48.0 Å². The summed E-state index contributed by atoms with van der Waals surface area (Å²) in [6.07, 6.45) is 0. The quantitative estimate of drug-likeness (QED) is 0.905. The van der Waals surface area contributed by atoms with Crippen LogP contribution in [0.5, 0.6) is 5.75 Å². The normalized spacial score (nSPS) is 15.3. The van der Waals surface area contributed by atoms with Crippen LogP contribution in [0.1, 0.15) is 0 Å². The molecule has 1 saturated heterocycles. The lowest BCUT2D eigenvalue weighted by atomic mass is 10.3. The molecule has 0 unspecified atom stereocenters. The van der Waals surface area contributed by atoms with E-state index in [9.17, 15) is 0 Å². The fourth-order valence-electron chi connectivity index (χ4n) is 1.81. The van der Waals surface area contributed by atoms with Crippen molar-refractivity contribution >= 4 is 48.0 Å². The minimum atomic E-state index is 0. The third-order valence-corrected chi connectivity index (χ3v) is 3.32. The van der Waals surface area contributed by atoms with Crippen molar-refractivity contribution in [2.45, 2.75) is 0 Å². The third kappa shape index (κ3) is 6.39. The van der Waals surface area contributed by atoms with Crippen molar-refractivity contribution in [3.05, 3.63) is 28.2 Å². The number of halogens is 4. The summed E-state index contributed by atoms with van der Waals surface area (Å²) in [7, 11) is 0. The molecule has 1 aromatic rings. The Bertz CT molecular complexity index is 373. The predicted molar refractivity (Wildman–Crippen MR) is 85.8 cm³/mol. The van der Waals surface area contributed by atoms with E-state index in [0.29, 0.717) is 22.4 Å². The maximum absolute atomic E-state index is 6.01. The number of rotatable bonds is 4. The first kappa shape index (κ1) is 19.1. The van der Waals surface area contributed by atoms with Crippen molar-refractivity contribution in [3.63, 3.8) is 0 Å². The van der Waals surface area contributed by atoms with Gasteiger partial charge in [-0.05, 0) is 12.1 Å². The van der Waals surface area contributed by atoms with Crippen LogP contribution in [0.2, 0.25) is 10.0 Å². The van der Waals surface area contributed by atoms with Gasteiger partial charge in [0.05, 0.1) is 5.02 Å². The first-order valence-electron chi connectivity index (χ1n) is 5.76. The van der Waals surface area contributed by atoms with Gasteiger partial charge in [-0.15, -0.1) is 24.8 Å². The molecule has 0 radical (unpaired) electrons. The van der Waals surface area contributed by atoms with E-state index in [1.54, 1.807) is 18.2 Å². The molecular weight excluding hydrogens is 330 g/mol. The molecule has 0 amide bonds. The van der Waals surface area contributed by atoms with Crippen LogP contribution in [0.4, 0.5) is 0 Å². The molecule has 1 aliphatic heterocycles. The number of hydrogen-bond acceptors (Lipinski definition) is 3. The highest BCUT2D eigenvalue weighted by atomic mass is 35.5. The highest BCUT2D eigenvalue weighted by Gasteiger charge is 2.09. The van der Waals surface area contributed by atoms with Gasteiger partial charge in [-0.2, -0.15) is 0 Å². The first-order valence-corrected chi connectivity index (χ1v) is 6.52. The van der Waals surface area contributed by atoms with E-state index >= 15 is 0 Å². The molecule has 2 rings (SSSR count). The zero-order valence-electron chi connectivity index (χ0n) is 10.4. The highest BCUT2D eigenvalue weighted by Crippen LogP contribution is 2.27. The molecule has 1 aliphatic rings. The third-order valence-electron chi connectivity index (χ3n) is 2.77. The largest absolute Gasteiger partial charge is 0.491 e. The van der Waals surface area contributed by atoms with Gasteiger partial charge in [0.25, 0.3) is 0 Å². The predicted octanol–water partition coefficient (Wildman–Crippen LogP) is 3.12. The Hall–Kier alpha value is 0.1000. The SMILES string of the molecule is Cl.Cl.Clc1ccc(Cl)c(OCCN2CCNCC2)c1. The summed E-state index contributed by atoms with van der Waals surface area (Å²) in [4.78, 5) is 2.37. The second-order valence-electron chi connectivity index (χ2n) is 4.01. The number of hydrogen-bond donors (Lipinski definition) is 1. The lowest BCUT2D eigenvalue weighted by molar-refractivity contribution is 0.191. The molecule has 7 heteroatoms. The number of ether oxygens (including phenoxy) is 1. The minimum Gasteiger partial charge on any atom is -0.491 e. The molecule has 0 spiro atoms. The van der Waals surface area contributed by atoms with Gasteiger partial charge in [0.15, 0.2) is 0 Å². The van der Waals surface area contributed by atoms with E-state index in [0.717, 1.165) is 32.7 Å². The summed E-state index contributed by atoms with van der Waals surface area (Å²) in [5.41, 5.74) is 0. The smallest absolute Gasteiger partial charge is 0.139 e. The fraction of sp³-hybridized carbons (Fsp3) is 0.500. The van der Waals surface area contributed by atoms with Gasteiger partial charge in [0.1, 0.15) is 12.4 Å². The molecule has 1 heterocycles. The number of benzene rings is 1. The molecule has 1 N–H and O–H groups in total. The standard InChI is InChI=1S/C12H16Cl2N2O.2ClH/c13-10-1-2-11(14)12(9-10)17-8-7-16-5-3-15-4-6-16;;/h1-2,9,15H,3-8H2;2*1H. The molecule has 3 nitrogen and oxygen atoms in total. The van der Waals surface area contributed by atoms with Crippen LogP contribution in [0.25, 0.3) is 0 Å². The topological polar surface area (TPSA) is 24.5 Å². The Morgan fingerprint density at radius 3 is 2.53 bits per heavy atom. The molecule has 0 aromatic heterocycles. The average Bonchev–Trinajstić information content (AvgIpc) is 2.35. The summed E-state index contributed by atoms with van der Waals surface area (Å²) in [5, 5.41) is 4.57. The maximum Gasteiger partial charge on any atom is 0.139 e. The summed E-state index contributed by atoms with van der Waals surface area (Å²) >= 11 is 11.9. The van der Waals surface area contributed by atoms with E-state index in [2.05, 4.69) is 10.2 Å². The Morgan fingerprint density at radius 2 is 1.84 bits per heavy atom.